The van der Waals surface area contributed by atoms with Gasteiger partial charge < -0.3 is 14.4 Å². The highest BCUT2D eigenvalue weighted by molar-refractivity contribution is 6.33. The number of aliphatic hydroxyl groups is 1. The van der Waals surface area contributed by atoms with Crippen LogP contribution in [0, 0.1) is 0 Å². The van der Waals surface area contributed by atoms with E-state index in [1.807, 2.05) is 0 Å². The molecule has 1 fully saturated rings. The van der Waals surface area contributed by atoms with Crippen molar-refractivity contribution >= 4 is 34.8 Å². The molecule has 2 N–H and O–H groups in total. The zero-order chi connectivity index (χ0) is 18.4. The number of amides is 1. The van der Waals surface area contributed by atoms with Crippen molar-refractivity contribution in [2.75, 3.05) is 5.32 Å². The molecule has 0 bridgehead atoms. The number of nitrogens with zero attached hydrogens (tertiary/aromatic N) is 4. The molecular formula is C16H20ClN5O3. The van der Waals surface area contributed by atoms with Crippen molar-refractivity contribution in [1.82, 2.24) is 19.5 Å². The fourth-order valence-corrected chi connectivity index (χ4v) is 3.03. The normalized spacial score (nSPS) is 20.9. The summed E-state index contributed by atoms with van der Waals surface area (Å²) in [6.45, 7) is 9.29. The smallest absolute Gasteiger partial charge is 0.414 e. The average Bonchev–Trinajstić information content (AvgIpc) is 2.99. The SMILES string of the molecule is C=C1CC(O)CC1n1cnc2c(Cl)nc(NC(=O)OC(C)(C)C)nc21. The second-order valence-corrected chi connectivity index (χ2v) is 7.41. The third-order valence-corrected chi connectivity index (χ3v) is 4.06. The standard InChI is InChI=1S/C16H20ClN5O3/c1-8-5-9(23)6-10(8)22-7-18-11-12(17)19-14(20-13(11)22)21-15(24)25-16(2,3)4/h7,9-10,23H,1,5-6H2,2-4H3,(H,19,20,21,24). The molecule has 0 radical (unpaired) electrons. The van der Waals surface area contributed by atoms with Crippen molar-refractivity contribution in [2.45, 2.75) is 51.4 Å². The highest BCUT2D eigenvalue weighted by Gasteiger charge is 2.30. The zero-order valence-electron chi connectivity index (χ0n) is 14.3. The maximum atomic E-state index is 11.9. The number of hydrogen-bond donors (Lipinski definition) is 2. The van der Waals surface area contributed by atoms with Gasteiger partial charge in [-0.3, -0.25) is 5.32 Å². The minimum absolute atomic E-state index is 0.0256. The molecule has 2 aromatic heterocycles. The van der Waals surface area contributed by atoms with Crippen LogP contribution >= 0.6 is 11.6 Å². The van der Waals surface area contributed by atoms with Gasteiger partial charge in [0.15, 0.2) is 10.8 Å². The first-order chi connectivity index (χ1) is 11.6. The Kier molecular flexibility index (Phi) is 4.42. The summed E-state index contributed by atoms with van der Waals surface area (Å²) >= 11 is 6.17. The summed E-state index contributed by atoms with van der Waals surface area (Å²) in [6, 6.07) is -0.125. The summed E-state index contributed by atoms with van der Waals surface area (Å²) in [5.74, 6) is 0.0256. The maximum absolute atomic E-state index is 11.9. The number of imidazole rings is 1. The minimum atomic E-state index is -0.672. The first-order valence-electron chi connectivity index (χ1n) is 7.90. The fraction of sp³-hybridized carbons (Fsp3) is 0.500. The molecule has 3 rings (SSSR count). The van der Waals surface area contributed by atoms with Crippen LogP contribution in [0.1, 0.15) is 39.7 Å². The number of aliphatic hydroxyl groups excluding tert-OH is 1. The van der Waals surface area contributed by atoms with Crippen molar-refractivity contribution in [3.05, 3.63) is 23.6 Å². The molecule has 0 spiro atoms. The lowest BCUT2D eigenvalue weighted by Crippen LogP contribution is -2.27. The van der Waals surface area contributed by atoms with Gasteiger partial charge in [0.25, 0.3) is 0 Å². The molecule has 0 aromatic carbocycles. The van der Waals surface area contributed by atoms with E-state index in [0.29, 0.717) is 24.0 Å². The zero-order valence-corrected chi connectivity index (χ0v) is 15.0. The molecule has 1 amide bonds. The van der Waals surface area contributed by atoms with E-state index in [2.05, 4.69) is 26.8 Å². The number of carbonyl (C=O) groups excluding carboxylic acids is 1. The molecule has 2 atom stereocenters. The van der Waals surface area contributed by atoms with Gasteiger partial charge in [0.1, 0.15) is 11.1 Å². The summed E-state index contributed by atoms with van der Waals surface area (Å²) in [7, 11) is 0. The van der Waals surface area contributed by atoms with Crippen molar-refractivity contribution in [1.29, 1.82) is 0 Å². The molecule has 0 aliphatic heterocycles. The maximum Gasteiger partial charge on any atom is 0.414 e. The van der Waals surface area contributed by atoms with Crippen LogP contribution < -0.4 is 5.32 Å². The van der Waals surface area contributed by atoms with Crippen molar-refractivity contribution in [3.8, 4) is 0 Å². The Bertz CT molecular complexity index is 842. The summed E-state index contributed by atoms with van der Waals surface area (Å²) < 4.78 is 6.99. The number of ether oxygens (including phenoxy) is 1. The topological polar surface area (TPSA) is 102 Å². The Morgan fingerprint density at radius 3 is 2.80 bits per heavy atom. The van der Waals surface area contributed by atoms with Gasteiger partial charge in [-0.05, 0) is 33.6 Å². The van der Waals surface area contributed by atoms with E-state index in [0.717, 1.165) is 5.57 Å². The van der Waals surface area contributed by atoms with Crippen LogP contribution in [0.3, 0.4) is 0 Å². The van der Waals surface area contributed by atoms with Gasteiger partial charge >= 0.3 is 6.09 Å². The molecule has 2 heterocycles. The second-order valence-electron chi connectivity index (χ2n) is 7.06. The van der Waals surface area contributed by atoms with Gasteiger partial charge in [0, 0.05) is 0 Å². The lowest BCUT2D eigenvalue weighted by atomic mass is 10.2. The van der Waals surface area contributed by atoms with Crippen molar-refractivity contribution in [3.63, 3.8) is 0 Å². The Labute approximate surface area is 149 Å². The number of fused-ring (bicyclic) bond motifs is 1. The molecule has 2 unspecified atom stereocenters. The monoisotopic (exact) mass is 365 g/mol. The largest absolute Gasteiger partial charge is 0.444 e. The van der Waals surface area contributed by atoms with E-state index in [1.165, 1.54) is 0 Å². The quantitative estimate of drug-likeness (QED) is 0.626. The predicted molar refractivity (Wildman–Crippen MR) is 93.6 cm³/mol. The number of hydrogen-bond acceptors (Lipinski definition) is 6. The van der Waals surface area contributed by atoms with Crippen LogP contribution in [-0.2, 0) is 4.74 Å². The van der Waals surface area contributed by atoms with Crippen LogP contribution in [0.15, 0.2) is 18.5 Å². The van der Waals surface area contributed by atoms with E-state index in [4.69, 9.17) is 16.3 Å². The minimum Gasteiger partial charge on any atom is -0.444 e. The highest BCUT2D eigenvalue weighted by Crippen LogP contribution is 2.36. The second kappa shape index (κ2) is 6.27. The lowest BCUT2D eigenvalue weighted by molar-refractivity contribution is 0.0634. The summed E-state index contributed by atoms with van der Waals surface area (Å²) in [6.07, 6.45) is 1.55. The van der Waals surface area contributed by atoms with Gasteiger partial charge in [0.2, 0.25) is 5.95 Å². The number of halogens is 1. The Morgan fingerprint density at radius 2 is 2.20 bits per heavy atom. The molecule has 0 saturated heterocycles. The van der Waals surface area contributed by atoms with Crippen LogP contribution in [-0.4, -0.2) is 42.4 Å². The molecule has 2 aromatic rings. The lowest BCUT2D eigenvalue weighted by Gasteiger charge is -2.19. The molecule has 1 aliphatic rings. The highest BCUT2D eigenvalue weighted by atomic mass is 35.5. The molecule has 1 saturated carbocycles. The van der Waals surface area contributed by atoms with E-state index in [1.54, 1.807) is 31.7 Å². The van der Waals surface area contributed by atoms with Gasteiger partial charge in [0.05, 0.1) is 18.5 Å². The van der Waals surface area contributed by atoms with Crippen molar-refractivity contribution in [2.24, 2.45) is 0 Å². The number of aromatic nitrogens is 4. The Morgan fingerprint density at radius 1 is 1.48 bits per heavy atom. The Hall–Kier alpha value is -2.19. The predicted octanol–water partition coefficient (Wildman–Crippen LogP) is 3.08. The fourth-order valence-electron chi connectivity index (χ4n) is 2.82. The summed E-state index contributed by atoms with van der Waals surface area (Å²) in [4.78, 5) is 24.5. The summed E-state index contributed by atoms with van der Waals surface area (Å²) in [5, 5.41) is 12.5. The van der Waals surface area contributed by atoms with E-state index in [9.17, 15) is 9.90 Å². The number of anilines is 1. The number of carbonyl (C=O) groups is 1. The van der Waals surface area contributed by atoms with Gasteiger partial charge in [-0.25, -0.2) is 9.78 Å². The van der Waals surface area contributed by atoms with Gasteiger partial charge in [-0.2, -0.15) is 9.97 Å². The van der Waals surface area contributed by atoms with Crippen LogP contribution in [0.25, 0.3) is 11.2 Å². The summed E-state index contributed by atoms with van der Waals surface area (Å²) in [5.41, 5.74) is 1.14. The molecule has 134 valence electrons. The van der Waals surface area contributed by atoms with Crippen molar-refractivity contribution < 1.29 is 14.6 Å². The van der Waals surface area contributed by atoms with Gasteiger partial charge in [-0.15, -0.1) is 0 Å². The molecular weight excluding hydrogens is 346 g/mol. The molecule has 8 nitrogen and oxygen atoms in total. The number of nitrogens with one attached hydrogen (secondary N) is 1. The molecule has 25 heavy (non-hydrogen) atoms. The van der Waals surface area contributed by atoms with Gasteiger partial charge in [-0.1, -0.05) is 23.8 Å². The third kappa shape index (κ3) is 3.74. The van der Waals surface area contributed by atoms with Crippen LogP contribution in [0.5, 0.6) is 0 Å². The first kappa shape index (κ1) is 17.6. The third-order valence-electron chi connectivity index (χ3n) is 3.79. The number of rotatable bonds is 2. The van der Waals surface area contributed by atoms with E-state index >= 15 is 0 Å². The Balaban J connectivity index is 1.93. The van der Waals surface area contributed by atoms with E-state index < -0.39 is 17.8 Å². The van der Waals surface area contributed by atoms with Crippen LogP contribution in [0.2, 0.25) is 5.15 Å². The molecule has 1 aliphatic carbocycles. The molecule has 9 heteroatoms. The van der Waals surface area contributed by atoms with E-state index in [-0.39, 0.29) is 17.1 Å². The van der Waals surface area contributed by atoms with Crippen LogP contribution in [0.4, 0.5) is 10.7 Å². The average molecular weight is 366 g/mol. The first-order valence-corrected chi connectivity index (χ1v) is 8.27.